The summed E-state index contributed by atoms with van der Waals surface area (Å²) in [4.78, 5) is 34.7. The van der Waals surface area contributed by atoms with Crippen LogP contribution in [-0.4, -0.2) is 28.9 Å². The SMILES string of the molecule is CC(=O)Nc1cc2c(C(=O)O)cc1NC(C)CCCC(=O)N2. The van der Waals surface area contributed by atoms with E-state index in [9.17, 15) is 19.5 Å². The van der Waals surface area contributed by atoms with Crippen LogP contribution in [0.1, 0.15) is 43.5 Å². The molecule has 1 aromatic carbocycles. The Kier molecular flexibility index (Phi) is 4.65. The van der Waals surface area contributed by atoms with Gasteiger partial charge in [0.2, 0.25) is 11.8 Å². The summed E-state index contributed by atoms with van der Waals surface area (Å²) in [5.74, 6) is -1.65. The quantitative estimate of drug-likeness (QED) is 0.670. The molecule has 2 bridgehead atoms. The van der Waals surface area contributed by atoms with Gasteiger partial charge in [0, 0.05) is 19.4 Å². The van der Waals surface area contributed by atoms with Crippen LogP contribution in [0.4, 0.5) is 17.1 Å². The fraction of sp³-hybridized carbons (Fsp3) is 0.400. The van der Waals surface area contributed by atoms with Crippen LogP contribution in [0.2, 0.25) is 0 Å². The number of carboxylic acids is 1. The zero-order valence-corrected chi connectivity index (χ0v) is 12.5. The number of amides is 2. The second-order valence-electron chi connectivity index (χ2n) is 5.42. The summed E-state index contributed by atoms with van der Waals surface area (Å²) in [6.45, 7) is 3.32. The van der Waals surface area contributed by atoms with E-state index in [0.717, 1.165) is 6.42 Å². The normalized spacial score (nSPS) is 17.9. The molecule has 1 unspecified atom stereocenters. The standard InChI is InChI=1S/C15H19N3O4/c1-8-4-3-5-14(20)18-11-7-13(17-9(2)19)12(16-8)6-10(11)15(21)22/h6-8,16H,3-5H2,1-2H3,(H,17,19)(H,18,20)(H,21,22). The maximum absolute atomic E-state index is 11.9. The smallest absolute Gasteiger partial charge is 0.337 e. The fourth-order valence-corrected chi connectivity index (χ4v) is 2.41. The first kappa shape index (κ1) is 15.8. The van der Waals surface area contributed by atoms with Crippen molar-refractivity contribution in [2.24, 2.45) is 0 Å². The number of fused-ring (bicyclic) bond motifs is 8. The number of nitrogens with one attached hydrogen (secondary N) is 3. The van der Waals surface area contributed by atoms with Gasteiger partial charge in [-0.05, 0) is 31.9 Å². The van der Waals surface area contributed by atoms with Crippen LogP contribution in [0, 0.1) is 0 Å². The van der Waals surface area contributed by atoms with Crippen molar-refractivity contribution in [3.05, 3.63) is 17.7 Å². The van der Waals surface area contributed by atoms with Crippen LogP contribution in [-0.2, 0) is 9.59 Å². The first-order valence-electron chi connectivity index (χ1n) is 7.12. The van der Waals surface area contributed by atoms with Crippen LogP contribution in [0.5, 0.6) is 0 Å². The minimum absolute atomic E-state index is 0.0148. The minimum atomic E-state index is -1.14. The monoisotopic (exact) mass is 305 g/mol. The van der Waals surface area contributed by atoms with E-state index in [1.807, 2.05) is 6.92 Å². The first-order chi connectivity index (χ1) is 10.4. The van der Waals surface area contributed by atoms with Crippen molar-refractivity contribution in [2.45, 2.75) is 39.2 Å². The highest BCUT2D eigenvalue weighted by Crippen LogP contribution is 2.32. The van der Waals surface area contributed by atoms with Crippen molar-refractivity contribution in [3.8, 4) is 0 Å². The van der Waals surface area contributed by atoms with Crippen LogP contribution < -0.4 is 16.0 Å². The van der Waals surface area contributed by atoms with Gasteiger partial charge in [-0.3, -0.25) is 9.59 Å². The van der Waals surface area contributed by atoms with E-state index < -0.39 is 5.97 Å². The molecule has 22 heavy (non-hydrogen) atoms. The van der Waals surface area contributed by atoms with Gasteiger partial charge < -0.3 is 21.1 Å². The van der Waals surface area contributed by atoms with Crippen molar-refractivity contribution in [1.29, 1.82) is 0 Å². The van der Waals surface area contributed by atoms with Gasteiger partial charge in [0.1, 0.15) is 0 Å². The van der Waals surface area contributed by atoms with Gasteiger partial charge in [0.05, 0.1) is 22.6 Å². The number of hydrogen-bond donors (Lipinski definition) is 4. The van der Waals surface area contributed by atoms with E-state index in [4.69, 9.17) is 0 Å². The average Bonchev–Trinajstić information content (AvgIpc) is 2.43. The lowest BCUT2D eigenvalue weighted by molar-refractivity contribution is -0.116. The lowest BCUT2D eigenvalue weighted by Gasteiger charge is -2.19. The predicted molar refractivity (Wildman–Crippen MR) is 83.3 cm³/mol. The lowest BCUT2D eigenvalue weighted by atomic mass is 10.1. The topological polar surface area (TPSA) is 108 Å². The van der Waals surface area contributed by atoms with Gasteiger partial charge in [-0.2, -0.15) is 0 Å². The van der Waals surface area contributed by atoms with E-state index in [1.54, 1.807) is 0 Å². The highest BCUT2D eigenvalue weighted by atomic mass is 16.4. The Hall–Kier alpha value is -2.57. The Bertz CT molecular complexity index is 627. The molecule has 2 heterocycles. The third-order valence-electron chi connectivity index (χ3n) is 3.42. The van der Waals surface area contributed by atoms with Gasteiger partial charge in [0.25, 0.3) is 0 Å². The van der Waals surface area contributed by atoms with Crippen molar-refractivity contribution in [3.63, 3.8) is 0 Å². The summed E-state index contributed by atoms with van der Waals surface area (Å²) in [6, 6.07) is 2.96. The van der Waals surface area contributed by atoms with Crippen LogP contribution in [0.25, 0.3) is 0 Å². The molecule has 0 saturated carbocycles. The number of carboxylic acid groups (broad SMARTS) is 1. The average molecular weight is 305 g/mol. The zero-order chi connectivity index (χ0) is 16.3. The summed E-state index contributed by atoms with van der Waals surface area (Å²) in [7, 11) is 0. The molecule has 4 N–H and O–H groups in total. The summed E-state index contributed by atoms with van der Waals surface area (Å²) in [5, 5.41) is 17.8. The summed E-state index contributed by atoms with van der Waals surface area (Å²) in [5.41, 5.74) is 1.14. The van der Waals surface area contributed by atoms with Crippen LogP contribution >= 0.6 is 0 Å². The number of hydrogen-bond acceptors (Lipinski definition) is 4. The van der Waals surface area contributed by atoms with Gasteiger partial charge in [-0.15, -0.1) is 0 Å². The summed E-state index contributed by atoms with van der Waals surface area (Å²) in [6.07, 6.45) is 1.77. The maximum atomic E-state index is 11.9. The molecular weight excluding hydrogens is 286 g/mol. The molecule has 2 amide bonds. The van der Waals surface area contributed by atoms with Crippen molar-refractivity contribution < 1.29 is 19.5 Å². The second-order valence-corrected chi connectivity index (χ2v) is 5.42. The molecule has 7 heteroatoms. The molecular formula is C15H19N3O4. The number of anilines is 3. The van der Waals surface area contributed by atoms with Gasteiger partial charge in [0.15, 0.2) is 0 Å². The van der Waals surface area contributed by atoms with Crippen LogP contribution in [0.15, 0.2) is 12.1 Å². The second kappa shape index (κ2) is 6.46. The van der Waals surface area contributed by atoms with E-state index in [-0.39, 0.29) is 29.1 Å². The number of rotatable bonds is 2. The molecule has 118 valence electrons. The molecule has 1 atom stereocenters. The Morgan fingerprint density at radius 3 is 2.68 bits per heavy atom. The molecule has 2 aliphatic rings. The summed E-state index contributed by atoms with van der Waals surface area (Å²) >= 11 is 0. The third-order valence-corrected chi connectivity index (χ3v) is 3.42. The van der Waals surface area contributed by atoms with E-state index in [0.29, 0.717) is 24.2 Å². The van der Waals surface area contributed by atoms with Gasteiger partial charge in [-0.25, -0.2) is 4.79 Å². The zero-order valence-electron chi connectivity index (χ0n) is 12.5. The Balaban J connectivity index is 2.56. The number of carbonyl (C=O) groups excluding carboxylic acids is 2. The minimum Gasteiger partial charge on any atom is -0.478 e. The highest BCUT2D eigenvalue weighted by Gasteiger charge is 2.19. The van der Waals surface area contributed by atoms with Gasteiger partial charge in [-0.1, -0.05) is 0 Å². The molecule has 2 aliphatic heterocycles. The third kappa shape index (κ3) is 3.75. The lowest BCUT2D eigenvalue weighted by Crippen LogP contribution is -2.18. The molecule has 0 aliphatic carbocycles. The molecule has 3 rings (SSSR count). The van der Waals surface area contributed by atoms with Crippen molar-refractivity contribution in [1.82, 2.24) is 0 Å². The molecule has 0 radical (unpaired) electrons. The molecule has 0 aromatic heterocycles. The van der Waals surface area contributed by atoms with Crippen molar-refractivity contribution in [2.75, 3.05) is 16.0 Å². The molecule has 0 saturated heterocycles. The largest absolute Gasteiger partial charge is 0.478 e. The summed E-state index contributed by atoms with van der Waals surface area (Å²) < 4.78 is 0. The Labute approximate surface area is 128 Å². The number of carbonyl (C=O) groups is 3. The van der Waals surface area contributed by atoms with E-state index >= 15 is 0 Å². The Morgan fingerprint density at radius 1 is 1.32 bits per heavy atom. The molecule has 0 fully saturated rings. The highest BCUT2D eigenvalue weighted by molar-refractivity contribution is 6.04. The van der Waals surface area contributed by atoms with E-state index in [2.05, 4.69) is 16.0 Å². The van der Waals surface area contributed by atoms with E-state index in [1.165, 1.54) is 19.1 Å². The molecule has 7 nitrogen and oxygen atoms in total. The number of benzene rings is 1. The molecule has 0 spiro atoms. The number of aromatic carboxylic acids is 1. The van der Waals surface area contributed by atoms with Crippen molar-refractivity contribution >= 4 is 34.8 Å². The first-order valence-corrected chi connectivity index (χ1v) is 7.12. The van der Waals surface area contributed by atoms with Gasteiger partial charge >= 0.3 is 5.97 Å². The Morgan fingerprint density at radius 2 is 2.05 bits per heavy atom. The molecule has 1 aromatic rings. The van der Waals surface area contributed by atoms with Crippen LogP contribution in [0.3, 0.4) is 0 Å². The maximum Gasteiger partial charge on any atom is 0.337 e. The fourth-order valence-electron chi connectivity index (χ4n) is 2.41. The predicted octanol–water partition coefficient (Wildman–Crippen LogP) is 2.27.